The van der Waals surface area contributed by atoms with Gasteiger partial charge in [0.2, 0.25) is 5.95 Å². The fourth-order valence-corrected chi connectivity index (χ4v) is 3.83. The average molecular weight is 420 g/mol. The average Bonchev–Trinajstić information content (AvgIpc) is 2.80. The molecule has 0 bridgehead atoms. The zero-order chi connectivity index (χ0) is 21.8. The van der Waals surface area contributed by atoms with E-state index in [1.165, 1.54) is 6.07 Å². The first kappa shape index (κ1) is 20.8. The van der Waals surface area contributed by atoms with E-state index in [1.54, 1.807) is 24.4 Å². The van der Waals surface area contributed by atoms with Crippen LogP contribution in [-0.4, -0.2) is 48.0 Å². The number of carbonyl (C=O) groups is 1. The van der Waals surface area contributed by atoms with Crippen LogP contribution in [0.5, 0.6) is 0 Å². The van der Waals surface area contributed by atoms with Gasteiger partial charge in [-0.3, -0.25) is 4.79 Å². The van der Waals surface area contributed by atoms with Crippen molar-refractivity contribution in [1.82, 2.24) is 14.9 Å². The van der Waals surface area contributed by atoms with Gasteiger partial charge in [-0.25, -0.2) is 14.4 Å². The maximum absolute atomic E-state index is 13.9. The van der Waals surface area contributed by atoms with Crippen molar-refractivity contribution in [3.8, 4) is 0 Å². The number of hydrogen-bond acceptors (Lipinski definition) is 5. The molecule has 1 aromatic heterocycles. The van der Waals surface area contributed by atoms with Gasteiger partial charge < -0.3 is 15.1 Å². The molecule has 31 heavy (non-hydrogen) atoms. The summed E-state index contributed by atoms with van der Waals surface area (Å²) in [6.45, 7) is 1.33. The normalized spacial score (nSPS) is 16.1. The molecule has 1 N–H and O–H groups in total. The van der Waals surface area contributed by atoms with E-state index in [9.17, 15) is 9.18 Å². The van der Waals surface area contributed by atoms with Crippen molar-refractivity contribution in [1.29, 1.82) is 0 Å². The van der Waals surface area contributed by atoms with Gasteiger partial charge in [0.15, 0.2) is 0 Å². The lowest BCUT2D eigenvalue weighted by atomic mass is 9.94. The van der Waals surface area contributed by atoms with Crippen LogP contribution in [0, 0.1) is 5.82 Å². The van der Waals surface area contributed by atoms with Crippen molar-refractivity contribution >= 4 is 23.2 Å². The zero-order valence-electron chi connectivity index (χ0n) is 17.8. The Morgan fingerprint density at radius 3 is 2.65 bits per heavy atom. The molecule has 3 aromatic rings. The number of rotatable bonds is 5. The molecule has 1 aliphatic heterocycles. The number of piperidine rings is 1. The maximum atomic E-state index is 13.9. The van der Waals surface area contributed by atoms with Crippen molar-refractivity contribution in [3.63, 3.8) is 0 Å². The standard InChI is InChI=1S/C24H26FN5O/c1-29(2)19-11-9-17(10-12-19)23(31)30-15-5-6-18(16-30)21-13-14-26-24(27-21)28-22-8-4-3-7-20(22)25/h3-4,7-14,18H,5-6,15-16H2,1-2H3,(H,26,27,28)/t18-/m0/s1. The molecule has 0 unspecified atom stereocenters. The Morgan fingerprint density at radius 1 is 1.13 bits per heavy atom. The minimum atomic E-state index is -0.355. The Kier molecular flexibility index (Phi) is 6.11. The lowest BCUT2D eigenvalue weighted by Crippen LogP contribution is -2.39. The predicted molar refractivity (Wildman–Crippen MR) is 120 cm³/mol. The number of nitrogens with one attached hydrogen (secondary N) is 1. The van der Waals surface area contributed by atoms with Gasteiger partial charge in [-0.15, -0.1) is 0 Å². The summed E-state index contributed by atoms with van der Waals surface area (Å²) >= 11 is 0. The van der Waals surface area contributed by atoms with Crippen LogP contribution in [0.2, 0.25) is 0 Å². The molecular formula is C24H26FN5O. The zero-order valence-corrected chi connectivity index (χ0v) is 17.8. The fraction of sp³-hybridized carbons (Fsp3) is 0.292. The number of likely N-dealkylation sites (tertiary alicyclic amines) is 1. The fourth-order valence-electron chi connectivity index (χ4n) is 3.83. The van der Waals surface area contributed by atoms with E-state index in [1.807, 2.05) is 54.2 Å². The second-order valence-electron chi connectivity index (χ2n) is 7.94. The summed E-state index contributed by atoms with van der Waals surface area (Å²) in [6, 6.07) is 16.0. The SMILES string of the molecule is CN(C)c1ccc(C(=O)N2CCC[C@H](c3ccnc(Nc4ccccc4F)n3)C2)cc1. The number of aromatic nitrogens is 2. The highest BCUT2D eigenvalue weighted by atomic mass is 19.1. The van der Waals surface area contributed by atoms with E-state index in [0.717, 1.165) is 30.8 Å². The summed E-state index contributed by atoms with van der Waals surface area (Å²) in [4.78, 5) is 25.7. The molecule has 0 aliphatic carbocycles. The van der Waals surface area contributed by atoms with Crippen LogP contribution >= 0.6 is 0 Å². The second kappa shape index (κ2) is 9.12. The van der Waals surface area contributed by atoms with Crippen molar-refractivity contribution < 1.29 is 9.18 Å². The third-order valence-corrected chi connectivity index (χ3v) is 5.55. The number of carbonyl (C=O) groups excluding carboxylic acids is 1. The molecule has 0 spiro atoms. The van der Waals surface area contributed by atoms with Gasteiger partial charge in [-0.2, -0.15) is 0 Å². The number of hydrogen-bond donors (Lipinski definition) is 1. The first-order valence-electron chi connectivity index (χ1n) is 10.4. The summed E-state index contributed by atoms with van der Waals surface area (Å²) in [6.07, 6.45) is 3.53. The van der Waals surface area contributed by atoms with Crippen LogP contribution < -0.4 is 10.2 Å². The lowest BCUT2D eigenvalue weighted by Gasteiger charge is -2.32. The minimum absolute atomic E-state index is 0.0359. The Morgan fingerprint density at radius 2 is 1.90 bits per heavy atom. The van der Waals surface area contributed by atoms with E-state index < -0.39 is 0 Å². The third-order valence-electron chi connectivity index (χ3n) is 5.55. The molecule has 1 fully saturated rings. The van der Waals surface area contributed by atoms with Crippen LogP contribution in [0.1, 0.15) is 34.8 Å². The molecule has 6 nitrogen and oxygen atoms in total. The van der Waals surface area contributed by atoms with Crippen LogP contribution in [0.15, 0.2) is 60.8 Å². The van der Waals surface area contributed by atoms with Gasteiger partial charge in [0.25, 0.3) is 5.91 Å². The van der Waals surface area contributed by atoms with Crippen LogP contribution in [0.25, 0.3) is 0 Å². The highest BCUT2D eigenvalue weighted by Crippen LogP contribution is 2.28. The number of benzene rings is 2. The summed E-state index contributed by atoms with van der Waals surface area (Å²) in [7, 11) is 3.95. The molecule has 0 radical (unpaired) electrons. The van der Waals surface area contributed by atoms with Gasteiger partial charge in [0.1, 0.15) is 5.82 Å². The Labute approximate surface area is 181 Å². The molecule has 4 rings (SSSR count). The van der Waals surface area contributed by atoms with Gasteiger partial charge in [-0.05, 0) is 55.3 Å². The molecule has 160 valence electrons. The highest BCUT2D eigenvalue weighted by molar-refractivity contribution is 5.94. The summed E-state index contributed by atoms with van der Waals surface area (Å²) < 4.78 is 13.9. The Balaban J connectivity index is 1.47. The Bertz CT molecular complexity index is 1050. The summed E-state index contributed by atoms with van der Waals surface area (Å²) in [5, 5.41) is 2.94. The number of para-hydroxylation sites is 1. The van der Waals surface area contributed by atoms with E-state index in [4.69, 9.17) is 0 Å². The molecule has 2 heterocycles. The lowest BCUT2D eigenvalue weighted by molar-refractivity contribution is 0.0706. The van der Waals surface area contributed by atoms with E-state index in [-0.39, 0.29) is 17.6 Å². The van der Waals surface area contributed by atoms with Crippen LogP contribution in [0.3, 0.4) is 0 Å². The predicted octanol–water partition coefficient (Wildman–Crippen LogP) is 4.45. The molecule has 1 saturated heterocycles. The van der Waals surface area contributed by atoms with E-state index >= 15 is 0 Å². The number of anilines is 3. The molecular weight excluding hydrogens is 393 g/mol. The molecule has 1 aliphatic rings. The quantitative estimate of drug-likeness (QED) is 0.662. The first-order valence-corrected chi connectivity index (χ1v) is 10.4. The molecule has 0 saturated carbocycles. The number of amides is 1. The van der Waals surface area contributed by atoms with Crippen molar-refractivity contribution in [2.45, 2.75) is 18.8 Å². The number of halogens is 1. The molecule has 7 heteroatoms. The monoisotopic (exact) mass is 419 g/mol. The van der Waals surface area contributed by atoms with Crippen molar-refractivity contribution in [3.05, 3.63) is 77.9 Å². The number of nitrogens with zero attached hydrogens (tertiary/aromatic N) is 4. The van der Waals surface area contributed by atoms with Gasteiger partial charge in [0, 0.05) is 50.6 Å². The summed E-state index contributed by atoms with van der Waals surface area (Å²) in [5.41, 5.74) is 2.94. The van der Waals surface area contributed by atoms with Crippen LogP contribution in [0.4, 0.5) is 21.7 Å². The van der Waals surface area contributed by atoms with E-state index in [0.29, 0.717) is 23.7 Å². The topological polar surface area (TPSA) is 61.4 Å². The molecule has 1 amide bonds. The van der Waals surface area contributed by atoms with Gasteiger partial charge in [0.05, 0.1) is 11.4 Å². The summed E-state index contributed by atoms with van der Waals surface area (Å²) in [5.74, 6) is 0.147. The molecule has 2 aromatic carbocycles. The first-order chi connectivity index (χ1) is 15.0. The van der Waals surface area contributed by atoms with Gasteiger partial charge >= 0.3 is 0 Å². The van der Waals surface area contributed by atoms with Crippen molar-refractivity contribution in [2.75, 3.05) is 37.4 Å². The largest absolute Gasteiger partial charge is 0.378 e. The highest BCUT2D eigenvalue weighted by Gasteiger charge is 2.26. The van der Waals surface area contributed by atoms with Crippen LogP contribution in [-0.2, 0) is 0 Å². The van der Waals surface area contributed by atoms with E-state index in [2.05, 4.69) is 15.3 Å². The maximum Gasteiger partial charge on any atom is 0.253 e. The minimum Gasteiger partial charge on any atom is -0.378 e. The smallest absolute Gasteiger partial charge is 0.253 e. The third kappa shape index (κ3) is 4.82. The second-order valence-corrected chi connectivity index (χ2v) is 7.94. The van der Waals surface area contributed by atoms with Gasteiger partial charge in [-0.1, -0.05) is 12.1 Å². The van der Waals surface area contributed by atoms with Crippen molar-refractivity contribution in [2.24, 2.45) is 0 Å². The Hall–Kier alpha value is -3.48. The molecule has 1 atom stereocenters.